The van der Waals surface area contributed by atoms with Gasteiger partial charge in [0.2, 0.25) is 5.91 Å². The minimum absolute atomic E-state index is 0.00447. The van der Waals surface area contributed by atoms with Crippen molar-refractivity contribution in [2.45, 2.75) is 38.6 Å². The summed E-state index contributed by atoms with van der Waals surface area (Å²) in [5, 5.41) is 3.06. The highest BCUT2D eigenvalue weighted by atomic mass is 16.2. The summed E-state index contributed by atoms with van der Waals surface area (Å²) in [4.78, 5) is 30.2. The number of anilines is 1. The van der Waals surface area contributed by atoms with Gasteiger partial charge in [0.05, 0.1) is 11.3 Å². The third kappa shape index (κ3) is 5.08. The molecule has 0 unspecified atom stereocenters. The summed E-state index contributed by atoms with van der Waals surface area (Å²) in [6, 6.07) is 17.9. The maximum Gasteiger partial charge on any atom is 0.255 e. The zero-order chi connectivity index (χ0) is 20.8. The smallest absolute Gasteiger partial charge is 0.255 e. The van der Waals surface area contributed by atoms with Gasteiger partial charge in [-0.3, -0.25) is 14.5 Å². The van der Waals surface area contributed by atoms with Crippen LogP contribution < -0.4 is 5.32 Å². The molecule has 2 aliphatic heterocycles. The summed E-state index contributed by atoms with van der Waals surface area (Å²) in [7, 11) is 0. The number of hydrogen-bond donors (Lipinski definition) is 1. The maximum atomic E-state index is 13.0. The molecule has 0 bridgehead atoms. The largest absolute Gasteiger partial charge is 0.339 e. The van der Waals surface area contributed by atoms with E-state index in [1.54, 1.807) is 0 Å². The Kier molecular flexibility index (Phi) is 6.80. The fourth-order valence-electron chi connectivity index (χ4n) is 4.48. The zero-order valence-corrected chi connectivity index (χ0v) is 17.6. The number of rotatable bonds is 5. The molecular weight excluding hydrogens is 374 g/mol. The summed E-state index contributed by atoms with van der Waals surface area (Å²) in [6.45, 7) is 4.38. The van der Waals surface area contributed by atoms with Gasteiger partial charge >= 0.3 is 0 Å². The molecule has 30 heavy (non-hydrogen) atoms. The van der Waals surface area contributed by atoms with E-state index in [9.17, 15) is 9.59 Å². The first kappa shape index (κ1) is 20.6. The first-order valence-corrected chi connectivity index (χ1v) is 11.2. The molecule has 0 saturated carbocycles. The number of hydrogen-bond acceptors (Lipinski definition) is 3. The van der Waals surface area contributed by atoms with Crippen LogP contribution in [0.5, 0.6) is 0 Å². The summed E-state index contributed by atoms with van der Waals surface area (Å²) in [6.07, 6.45) is 5.00. The molecule has 1 N–H and O–H groups in total. The van der Waals surface area contributed by atoms with Gasteiger partial charge in [0, 0.05) is 25.6 Å². The molecule has 2 amide bonds. The quantitative estimate of drug-likeness (QED) is 0.813. The second-order valence-corrected chi connectivity index (χ2v) is 8.42. The van der Waals surface area contributed by atoms with E-state index in [4.69, 9.17) is 0 Å². The van der Waals surface area contributed by atoms with Crippen molar-refractivity contribution in [1.29, 1.82) is 0 Å². The summed E-state index contributed by atoms with van der Waals surface area (Å²) < 4.78 is 0. The van der Waals surface area contributed by atoms with E-state index < -0.39 is 0 Å². The van der Waals surface area contributed by atoms with E-state index >= 15 is 0 Å². The second-order valence-electron chi connectivity index (χ2n) is 8.42. The molecule has 2 aliphatic rings. The maximum absolute atomic E-state index is 13.0. The van der Waals surface area contributed by atoms with E-state index in [0.29, 0.717) is 11.3 Å². The number of benzene rings is 2. The average molecular weight is 406 g/mol. The third-order valence-electron chi connectivity index (χ3n) is 6.27. The van der Waals surface area contributed by atoms with Crippen molar-refractivity contribution in [2.75, 3.05) is 31.5 Å². The second kappa shape index (κ2) is 9.90. The van der Waals surface area contributed by atoms with E-state index in [1.807, 2.05) is 35.2 Å². The molecule has 2 fully saturated rings. The molecule has 4 rings (SSSR count). The Hall–Kier alpha value is -2.66. The van der Waals surface area contributed by atoms with Crippen molar-refractivity contribution in [1.82, 2.24) is 9.80 Å². The number of amides is 2. The fourth-order valence-corrected chi connectivity index (χ4v) is 4.48. The van der Waals surface area contributed by atoms with E-state index in [2.05, 4.69) is 34.5 Å². The van der Waals surface area contributed by atoms with Crippen LogP contribution in [0.3, 0.4) is 0 Å². The molecule has 2 saturated heterocycles. The lowest BCUT2D eigenvalue weighted by Crippen LogP contribution is -2.38. The molecule has 0 radical (unpaired) electrons. The van der Waals surface area contributed by atoms with Crippen molar-refractivity contribution >= 4 is 17.5 Å². The predicted molar refractivity (Wildman–Crippen MR) is 119 cm³/mol. The van der Waals surface area contributed by atoms with Crippen LogP contribution in [0.25, 0.3) is 0 Å². The van der Waals surface area contributed by atoms with Gasteiger partial charge in [0.25, 0.3) is 5.91 Å². The highest BCUT2D eigenvalue weighted by molar-refractivity contribution is 6.04. The Morgan fingerprint density at radius 3 is 2.23 bits per heavy atom. The van der Waals surface area contributed by atoms with E-state index in [0.717, 1.165) is 58.4 Å². The minimum Gasteiger partial charge on any atom is -0.339 e. The number of piperidine rings is 2. The zero-order valence-electron chi connectivity index (χ0n) is 17.6. The number of carbonyl (C=O) groups excluding carboxylic acids is 2. The Morgan fingerprint density at radius 1 is 0.833 bits per heavy atom. The lowest BCUT2D eigenvalue weighted by Gasteiger charge is -2.31. The predicted octanol–water partition coefficient (Wildman–Crippen LogP) is 4.16. The molecule has 0 aromatic heterocycles. The van der Waals surface area contributed by atoms with Gasteiger partial charge in [0.1, 0.15) is 0 Å². The number of carbonyl (C=O) groups is 2. The van der Waals surface area contributed by atoms with Crippen molar-refractivity contribution in [3.05, 3.63) is 65.7 Å². The Bertz CT molecular complexity index is 854. The van der Waals surface area contributed by atoms with Crippen LogP contribution in [0.4, 0.5) is 5.69 Å². The minimum atomic E-state index is -0.00447. The molecule has 2 aromatic carbocycles. The van der Waals surface area contributed by atoms with Crippen LogP contribution >= 0.6 is 0 Å². The number of likely N-dealkylation sites (tertiary alicyclic amines) is 2. The lowest BCUT2D eigenvalue weighted by molar-refractivity contribution is -0.121. The standard InChI is InChI=1S/C25H31N3O2/c29-24(21-13-17-27(18-14-21)19-20-9-3-1-4-10-20)26-23-12-6-5-11-22(23)25(30)28-15-7-2-8-16-28/h1,3-6,9-12,21H,2,7-8,13-19H2,(H,26,29). The van der Waals surface area contributed by atoms with Crippen LogP contribution in [-0.4, -0.2) is 47.8 Å². The van der Waals surface area contributed by atoms with Crippen LogP contribution in [0.2, 0.25) is 0 Å². The SMILES string of the molecule is O=C(Nc1ccccc1C(=O)N1CCCCC1)C1CCN(Cc2ccccc2)CC1. The molecule has 0 aliphatic carbocycles. The lowest BCUT2D eigenvalue weighted by atomic mass is 9.95. The first-order valence-electron chi connectivity index (χ1n) is 11.2. The Labute approximate surface area is 179 Å². The number of nitrogens with one attached hydrogen (secondary N) is 1. The fraction of sp³-hybridized carbons (Fsp3) is 0.440. The molecular formula is C25H31N3O2. The summed E-state index contributed by atoms with van der Waals surface area (Å²) in [5.41, 5.74) is 2.56. The molecule has 0 spiro atoms. The van der Waals surface area contributed by atoms with Crippen molar-refractivity contribution in [3.8, 4) is 0 Å². The van der Waals surface area contributed by atoms with E-state index in [-0.39, 0.29) is 17.7 Å². The molecule has 0 atom stereocenters. The van der Waals surface area contributed by atoms with Gasteiger partial charge in [-0.1, -0.05) is 42.5 Å². The molecule has 5 heteroatoms. The van der Waals surface area contributed by atoms with E-state index in [1.165, 1.54) is 12.0 Å². The van der Waals surface area contributed by atoms with Crippen LogP contribution in [0.1, 0.15) is 48.0 Å². The molecule has 158 valence electrons. The third-order valence-corrected chi connectivity index (χ3v) is 6.27. The summed E-state index contributed by atoms with van der Waals surface area (Å²) in [5.74, 6) is 0.0618. The number of para-hydroxylation sites is 1. The van der Waals surface area contributed by atoms with Gasteiger partial charge in [0.15, 0.2) is 0 Å². The highest BCUT2D eigenvalue weighted by Gasteiger charge is 2.27. The van der Waals surface area contributed by atoms with Gasteiger partial charge in [-0.05, 0) is 62.9 Å². The first-order chi connectivity index (χ1) is 14.7. The van der Waals surface area contributed by atoms with Crippen LogP contribution in [0.15, 0.2) is 54.6 Å². The average Bonchev–Trinajstić information content (AvgIpc) is 2.81. The molecule has 5 nitrogen and oxygen atoms in total. The monoisotopic (exact) mass is 405 g/mol. The topological polar surface area (TPSA) is 52.7 Å². The molecule has 2 heterocycles. The highest BCUT2D eigenvalue weighted by Crippen LogP contribution is 2.24. The van der Waals surface area contributed by atoms with Crippen LogP contribution in [0, 0.1) is 5.92 Å². The molecule has 2 aromatic rings. The van der Waals surface area contributed by atoms with Gasteiger partial charge < -0.3 is 10.2 Å². The Balaban J connectivity index is 1.34. The van der Waals surface area contributed by atoms with Gasteiger partial charge in [-0.25, -0.2) is 0 Å². The van der Waals surface area contributed by atoms with Crippen molar-refractivity contribution in [3.63, 3.8) is 0 Å². The van der Waals surface area contributed by atoms with Crippen LogP contribution in [-0.2, 0) is 11.3 Å². The van der Waals surface area contributed by atoms with Gasteiger partial charge in [-0.15, -0.1) is 0 Å². The van der Waals surface area contributed by atoms with Crippen molar-refractivity contribution in [2.24, 2.45) is 5.92 Å². The van der Waals surface area contributed by atoms with Gasteiger partial charge in [-0.2, -0.15) is 0 Å². The summed E-state index contributed by atoms with van der Waals surface area (Å²) >= 11 is 0. The number of nitrogens with zero attached hydrogens (tertiary/aromatic N) is 2. The normalized spacial score (nSPS) is 18.2. The van der Waals surface area contributed by atoms with Crippen molar-refractivity contribution < 1.29 is 9.59 Å². The Morgan fingerprint density at radius 2 is 1.50 bits per heavy atom.